The van der Waals surface area contributed by atoms with Crippen molar-refractivity contribution in [3.8, 4) is 0 Å². The quantitative estimate of drug-likeness (QED) is 0.581. The van der Waals surface area contributed by atoms with Crippen LogP contribution in [0.15, 0.2) is 10.5 Å². The minimum Gasteiger partial charge on any atom is -0.0852 e. The van der Waals surface area contributed by atoms with Gasteiger partial charge in [-0.05, 0) is 36.5 Å². The monoisotopic (exact) mass is 200 g/mol. The molecule has 1 aliphatic carbocycles. The van der Waals surface area contributed by atoms with Crippen LogP contribution in [0, 0.1) is 5.92 Å². The fourth-order valence-corrected chi connectivity index (χ4v) is 5.29. The Kier molecular flexibility index (Phi) is 2.75. The van der Waals surface area contributed by atoms with Gasteiger partial charge in [-0.15, -0.1) is 0 Å². The van der Waals surface area contributed by atoms with E-state index in [1.54, 1.807) is 10.5 Å². The lowest BCUT2D eigenvalue weighted by Crippen LogP contribution is -2.13. The zero-order valence-electron chi connectivity index (χ0n) is 7.80. The van der Waals surface area contributed by atoms with Crippen molar-refractivity contribution in [3.05, 3.63) is 10.5 Å². The number of allylic oxidation sites excluding steroid dienone is 2. The van der Waals surface area contributed by atoms with Crippen molar-refractivity contribution >= 4 is 21.6 Å². The van der Waals surface area contributed by atoms with Crippen LogP contribution in [-0.2, 0) is 0 Å². The Morgan fingerprint density at radius 2 is 2.17 bits per heavy atom. The summed E-state index contributed by atoms with van der Waals surface area (Å²) in [7, 11) is 4.17. The summed E-state index contributed by atoms with van der Waals surface area (Å²) in [6.07, 6.45) is 5.57. The number of hydrogen-bond donors (Lipinski definition) is 0. The molecular formula is C10H16S2. The largest absolute Gasteiger partial charge is 0.0852 e. The highest BCUT2D eigenvalue weighted by atomic mass is 33.1. The van der Waals surface area contributed by atoms with E-state index in [1.165, 1.54) is 25.7 Å². The summed E-state index contributed by atoms with van der Waals surface area (Å²) in [6.45, 7) is 4.69. The first-order chi connectivity index (χ1) is 5.77. The van der Waals surface area contributed by atoms with Crippen LogP contribution in [0.25, 0.3) is 0 Å². The van der Waals surface area contributed by atoms with Crippen LogP contribution in [0.3, 0.4) is 0 Å². The molecule has 0 aromatic rings. The topological polar surface area (TPSA) is 0 Å². The Morgan fingerprint density at radius 3 is 2.92 bits per heavy atom. The van der Waals surface area contributed by atoms with E-state index in [1.807, 2.05) is 0 Å². The van der Waals surface area contributed by atoms with Gasteiger partial charge in [0, 0.05) is 5.25 Å². The van der Waals surface area contributed by atoms with Gasteiger partial charge in [0.15, 0.2) is 0 Å². The molecule has 0 amide bonds. The Morgan fingerprint density at radius 1 is 1.33 bits per heavy atom. The molecule has 2 rings (SSSR count). The first-order valence-electron chi connectivity index (χ1n) is 4.81. The summed E-state index contributed by atoms with van der Waals surface area (Å²) >= 11 is 0. The molecule has 2 aliphatic rings. The van der Waals surface area contributed by atoms with E-state index in [2.05, 4.69) is 35.4 Å². The summed E-state index contributed by atoms with van der Waals surface area (Å²) in [5.74, 6) is 0.845. The molecule has 2 heteroatoms. The lowest BCUT2D eigenvalue weighted by molar-refractivity contribution is 0.598. The van der Waals surface area contributed by atoms with Crippen LogP contribution in [0.2, 0.25) is 0 Å². The summed E-state index contributed by atoms with van der Waals surface area (Å²) in [5.41, 5.74) is 1.79. The molecule has 1 heterocycles. The van der Waals surface area contributed by atoms with Crippen molar-refractivity contribution in [2.75, 3.05) is 0 Å². The third-order valence-electron chi connectivity index (χ3n) is 2.74. The van der Waals surface area contributed by atoms with Gasteiger partial charge in [0.25, 0.3) is 0 Å². The molecule has 0 aromatic carbocycles. The van der Waals surface area contributed by atoms with Gasteiger partial charge in [0.2, 0.25) is 0 Å². The molecule has 1 unspecified atom stereocenters. The predicted octanol–water partition coefficient (Wildman–Crippen LogP) is 4.23. The average Bonchev–Trinajstić information content (AvgIpc) is 2.49. The summed E-state index contributed by atoms with van der Waals surface area (Å²) in [4.78, 5) is 1.72. The van der Waals surface area contributed by atoms with Crippen molar-refractivity contribution < 1.29 is 0 Å². The fourth-order valence-electron chi connectivity index (χ4n) is 1.84. The molecule has 0 saturated carbocycles. The highest BCUT2D eigenvalue weighted by Crippen LogP contribution is 2.51. The van der Waals surface area contributed by atoms with Gasteiger partial charge in [-0.25, -0.2) is 0 Å². The molecule has 0 saturated heterocycles. The second kappa shape index (κ2) is 3.67. The first-order valence-corrected chi connectivity index (χ1v) is 7.03. The van der Waals surface area contributed by atoms with Gasteiger partial charge in [0.1, 0.15) is 0 Å². The van der Waals surface area contributed by atoms with Gasteiger partial charge in [-0.3, -0.25) is 0 Å². The van der Waals surface area contributed by atoms with E-state index in [0.717, 1.165) is 11.2 Å². The highest BCUT2D eigenvalue weighted by molar-refractivity contribution is 8.78. The van der Waals surface area contributed by atoms with Crippen LogP contribution < -0.4 is 0 Å². The van der Waals surface area contributed by atoms with Gasteiger partial charge < -0.3 is 0 Å². The van der Waals surface area contributed by atoms with Crippen molar-refractivity contribution in [3.63, 3.8) is 0 Å². The Hall–Kier alpha value is 0.440. The molecule has 68 valence electrons. The molecule has 0 radical (unpaired) electrons. The second-order valence-electron chi connectivity index (χ2n) is 4.05. The molecule has 0 N–H and O–H groups in total. The molecule has 0 aromatic heterocycles. The lowest BCUT2D eigenvalue weighted by atomic mass is 10.0. The maximum atomic E-state index is 2.35. The summed E-state index contributed by atoms with van der Waals surface area (Å²) < 4.78 is 0. The van der Waals surface area contributed by atoms with E-state index in [0.29, 0.717) is 0 Å². The van der Waals surface area contributed by atoms with Crippen LogP contribution in [0.1, 0.15) is 39.5 Å². The first kappa shape index (κ1) is 9.01. The molecule has 0 bridgehead atoms. The fraction of sp³-hybridized carbons (Fsp3) is 0.800. The molecule has 1 atom stereocenters. The SMILES string of the molecule is CC(C)C1CC2=C(CCC2)SS1. The Bertz CT molecular complexity index is 206. The van der Waals surface area contributed by atoms with Crippen LogP contribution >= 0.6 is 21.6 Å². The predicted molar refractivity (Wildman–Crippen MR) is 59.3 cm³/mol. The van der Waals surface area contributed by atoms with Crippen LogP contribution in [0.4, 0.5) is 0 Å². The standard InChI is InChI=1S/C10H16S2/c1-7(2)10-6-8-4-3-5-9(8)11-12-10/h7,10H,3-6H2,1-2H3. The molecular weight excluding hydrogens is 184 g/mol. The molecule has 1 aliphatic heterocycles. The third-order valence-corrected chi connectivity index (χ3v) is 6.12. The van der Waals surface area contributed by atoms with E-state index in [9.17, 15) is 0 Å². The third kappa shape index (κ3) is 1.69. The van der Waals surface area contributed by atoms with Crippen molar-refractivity contribution in [1.29, 1.82) is 0 Å². The minimum atomic E-state index is 0.845. The van der Waals surface area contributed by atoms with Gasteiger partial charge in [-0.2, -0.15) is 0 Å². The number of hydrogen-bond acceptors (Lipinski definition) is 2. The average molecular weight is 200 g/mol. The normalized spacial score (nSPS) is 29.8. The smallest absolute Gasteiger partial charge is 0.0215 e. The van der Waals surface area contributed by atoms with Gasteiger partial charge >= 0.3 is 0 Å². The van der Waals surface area contributed by atoms with E-state index >= 15 is 0 Å². The Labute approximate surface area is 83.0 Å². The van der Waals surface area contributed by atoms with Crippen LogP contribution in [-0.4, -0.2) is 5.25 Å². The maximum absolute atomic E-state index is 2.35. The lowest BCUT2D eigenvalue weighted by Gasteiger charge is -2.25. The Balaban J connectivity index is 2.04. The van der Waals surface area contributed by atoms with Crippen molar-refractivity contribution in [1.82, 2.24) is 0 Å². The van der Waals surface area contributed by atoms with E-state index < -0.39 is 0 Å². The van der Waals surface area contributed by atoms with Crippen molar-refractivity contribution in [2.45, 2.75) is 44.8 Å². The van der Waals surface area contributed by atoms with E-state index in [-0.39, 0.29) is 0 Å². The highest BCUT2D eigenvalue weighted by Gasteiger charge is 2.26. The summed E-state index contributed by atoms with van der Waals surface area (Å²) in [6, 6.07) is 0. The number of rotatable bonds is 1. The molecule has 0 fully saturated rings. The molecule has 0 nitrogen and oxygen atoms in total. The second-order valence-corrected chi connectivity index (χ2v) is 6.58. The molecule has 0 spiro atoms. The van der Waals surface area contributed by atoms with Gasteiger partial charge in [0.05, 0.1) is 0 Å². The van der Waals surface area contributed by atoms with Crippen molar-refractivity contribution in [2.24, 2.45) is 5.92 Å². The zero-order valence-corrected chi connectivity index (χ0v) is 9.43. The molecule has 12 heavy (non-hydrogen) atoms. The van der Waals surface area contributed by atoms with Gasteiger partial charge in [-0.1, -0.05) is 41.0 Å². The summed E-state index contributed by atoms with van der Waals surface area (Å²) in [5, 5.41) is 0.881. The minimum absolute atomic E-state index is 0.845. The maximum Gasteiger partial charge on any atom is 0.0215 e. The van der Waals surface area contributed by atoms with Crippen LogP contribution in [0.5, 0.6) is 0 Å². The van der Waals surface area contributed by atoms with E-state index in [4.69, 9.17) is 0 Å². The zero-order chi connectivity index (χ0) is 8.55.